The summed E-state index contributed by atoms with van der Waals surface area (Å²) in [7, 11) is 0. The largest absolute Gasteiger partial charge is 0.341 e. The molecule has 184 valence electrons. The normalized spacial score (nSPS) is 19.0. The van der Waals surface area contributed by atoms with E-state index >= 15 is 0 Å². The third-order valence-electron chi connectivity index (χ3n) is 6.98. The highest BCUT2D eigenvalue weighted by Crippen LogP contribution is 2.20. The van der Waals surface area contributed by atoms with Crippen LogP contribution in [0.4, 0.5) is 4.39 Å². The summed E-state index contributed by atoms with van der Waals surface area (Å²) in [5, 5.41) is 14.7. The molecule has 2 aliphatic heterocycles. The number of aromatic amines is 1. The number of nitrogens with one attached hydrogen (secondary N) is 2. The number of aromatic nitrogens is 3. The van der Waals surface area contributed by atoms with Gasteiger partial charge < -0.3 is 15.1 Å². The number of hydrogen-bond donors (Lipinski definition) is 2. The van der Waals surface area contributed by atoms with Crippen molar-refractivity contribution >= 4 is 34.4 Å². The molecule has 3 heterocycles. The molecule has 0 radical (unpaired) electrons. The lowest BCUT2D eigenvalue weighted by Gasteiger charge is -2.34. The first-order chi connectivity index (χ1) is 17.0. The molecule has 2 saturated heterocycles. The molecule has 0 spiro atoms. The van der Waals surface area contributed by atoms with Gasteiger partial charge in [0.05, 0.1) is 0 Å². The van der Waals surface area contributed by atoms with Crippen LogP contribution in [0.15, 0.2) is 36.4 Å². The Morgan fingerprint density at radius 3 is 2.54 bits per heavy atom. The maximum atomic E-state index is 14.0. The van der Waals surface area contributed by atoms with Crippen LogP contribution in [-0.4, -0.2) is 75.3 Å². The van der Waals surface area contributed by atoms with Crippen LogP contribution in [0.3, 0.4) is 0 Å². The van der Waals surface area contributed by atoms with Gasteiger partial charge in [-0.3, -0.25) is 9.59 Å². The zero-order valence-corrected chi connectivity index (χ0v) is 20.1. The van der Waals surface area contributed by atoms with Gasteiger partial charge >= 0.3 is 0 Å². The highest BCUT2D eigenvalue weighted by Gasteiger charge is 2.30. The molecule has 1 atom stereocenters. The smallest absolute Gasteiger partial charge is 0.253 e. The molecule has 8 nitrogen and oxygen atoms in total. The highest BCUT2D eigenvalue weighted by atomic mass is 35.5. The van der Waals surface area contributed by atoms with Gasteiger partial charge in [0.15, 0.2) is 0 Å². The Balaban J connectivity index is 1.06. The van der Waals surface area contributed by atoms with Gasteiger partial charge in [0, 0.05) is 55.3 Å². The van der Waals surface area contributed by atoms with Crippen molar-refractivity contribution in [3.8, 4) is 0 Å². The van der Waals surface area contributed by atoms with Crippen molar-refractivity contribution in [2.45, 2.75) is 44.2 Å². The number of amides is 2. The number of halogens is 2. The number of H-pyrrole nitrogens is 1. The Morgan fingerprint density at radius 2 is 1.74 bits per heavy atom. The Kier molecular flexibility index (Phi) is 6.97. The van der Waals surface area contributed by atoms with Crippen molar-refractivity contribution in [1.82, 2.24) is 30.5 Å². The number of benzene rings is 2. The molecule has 10 heteroatoms. The number of hydrogen-bond acceptors (Lipinski definition) is 5. The molecule has 1 aromatic heterocycles. The summed E-state index contributed by atoms with van der Waals surface area (Å²) in [6.45, 7) is 2.75. The van der Waals surface area contributed by atoms with Gasteiger partial charge in [-0.25, -0.2) is 4.39 Å². The fourth-order valence-electron chi connectivity index (χ4n) is 4.99. The van der Waals surface area contributed by atoms with Crippen LogP contribution in [0.2, 0.25) is 5.02 Å². The number of aryl methyl sites for hydroxylation is 1. The minimum Gasteiger partial charge on any atom is -0.341 e. The SMILES string of the molecule is O=C(CCc1ccc(Cl)cc1F)N1CCC(NC2CCN(C(=O)c3ccc4n[nH]nc4c3)CC2)C1. The van der Waals surface area contributed by atoms with Crippen molar-refractivity contribution in [1.29, 1.82) is 0 Å². The minimum absolute atomic E-state index is 0.0168. The summed E-state index contributed by atoms with van der Waals surface area (Å²) in [5.41, 5.74) is 2.57. The summed E-state index contributed by atoms with van der Waals surface area (Å²) in [6.07, 6.45) is 3.30. The van der Waals surface area contributed by atoms with E-state index in [9.17, 15) is 14.0 Å². The number of rotatable bonds is 6. The van der Waals surface area contributed by atoms with Crippen molar-refractivity contribution in [2.24, 2.45) is 0 Å². The first kappa shape index (κ1) is 23.7. The van der Waals surface area contributed by atoms with E-state index in [0.717, 1.165) is 24.8 Å². The molecule has 2 aliphatic rings. The monoisotopic (exact) mass is 498 g/mol. The van der Waals surface area contributed by atoms with E-state index < -0.39 is 0 Å². The Hall–Kier alpha value is -3.04. The zero-order valence-electron chi connectivity index (χ0n) is 19.3. The van der Waals surface area contributed by atoms with E-state index in [1.165, 1.54) is 6.07 Å². The van der Waals surface area contributed by atoms with Crippen LogP contribution in [-0.2, 0) is 11.2 Å². The number of carbonyl (C=O) groups is 2. The molecule has 5 rings (SSSR count). The molecular formula is C25H28ClFN6O2. The van der Waals surface area contributed by atoms with Crippen molar-refractivity contribution < 1.29 is 14.0 Å². The Bertz CT molecular complexity index is 1230. The second kappa shape index (κ2) is 10.3. The van der Waals surface area contributed by atoms with Crippen LogP contribution in [0.1, 0.15) is 41.6 Å². The Morgan fingerprint density at radius 1 is 1.00 bits per heavy atom. The standard InChI is InChI=1S/C25H28ClFN6O2/c26-18-4-1-16(21(27)14-18)3-6-24(34)33-12-9-20(15-33)28-19-7-10-32(11-8-19)25(35)17-2-5-22-23(13-17)30-31-29-22/h1-2,4-5,13-14,19-20,28H,3,6-12,15H2,(H,29,30,31). The second-order valence-electron chi connectivity index (χ2n) is 9.32. The fourth-order valence-corrected chi connectivity index (χ4v) is 5.14. The van der Waals surface area contributed by atoms with Gasteiger partial charge in [-0.05, 0) is 61.6 Å². The summed E-state index contributed by atoms with van der Waals surface area (Å²) >= 11 is 5.80. The maximum Gasteiger partial charge on any atom is 0.253 e. The molecule has 2 N–H and O–H groups in total. The predicted octanol–water partition coefficient (Wildman–Crippen LogP) is 3.18. The molecule has 35 heavy (non-hydrogen) atoms. The predicted molar refractivity (Wildman–Crippen MR) is 131 cm³/mol. The fraction of sp³-hybridized carbons (Fsp3) is 0.440. The van der Waals surface area contributed by atoms with Gasteiger partial charge in [-0.2, -0.15) is 15.4 Å². The number of carbonyl (C=O) groups excluding carboxylic acids is 2. The third-order valence-corrected chi connectivity index (χ3v) is 7.22. The lowest BCUT2D eigenvalue weighted by Crippen LogP contribution is -2.48. The van der Waals surface area contributed by atoms with Crippen molar-refractivity contribution in [3.63, 3.8) is 0 Å². The summed E-state index contributed by atoms with van der Waals surface area (Å²) in [5.74, 6) is -0.300. The number of fused-ring (bicyclic) bond motifs is 1. The van der Waals surface area contributed by atoms with E-state index in [2.05, 4.69) is 20.7 Å². The van der Waals surface area contributed by atoms with Crippen LogP contribution >= 0.6 is 11.6 Å². The maximum absolute atomic E-state index is 14.0. The molecule has 2 aromatic carbocycles. The first-order valence-corrected chi connectivity index (χ1v) is 12.4. The minimum atomic E-state index is -0.366. The molecular weight excluding hydrogens is 471 g/mol. The quantitative estimate of drug-likeness (QED) is 0.544. The summed E-state index contributed by atoms with van der Waals surface area (Å²) < 4.78 is 14.0. The third kappa shape index (κ3) is 5.46. The highest BCUT2D eigenvalue weighted by molar-refractivity contribution is 6.30. The Labute approximate surface area is 207 Å². The van der Waals surface area contributed by atoms with Crippen LogP contribution in [0, 0.1) is 5.82 Å². The molecule has 2 fully saturated rings. The number of piperidine rings is 1. The second-order valence-corrected chi connectivity index (χ2v) is 9.76. The zero-order chi connectivity index (χ0) is 24.4. The van der Waals surface area contributed by atoms with Gasteiger partial charge in [0.2, 0.25) is 5.91 Å². The van der Waals surface area contributed by atoms with Crippen molar-refractivity contribution in [2.75, 3.05) is 26.2 Å². The van der Waals surface area contributed by atoms with E-state index in [1.54, 1.807) is 30.3 Å². The van der Waals surface area contributed by atoms with Gasteiger partial charge in [-0.1, -0.05) is 17.7 Å². The number of nitrogens with zero attached hydrogens (tertiary/aromatic N) is 4. The van der Waals surface area contributed by atoms with Crippen LogP contribution in [0.25, 0.3) is 11.0 Å². The molecule has 3 aromatic rings. The molecule has 1 unspecified atom stereocenters. The van der Waals surface area contributed by atoms with Crippen LogP contribution in [0.5, 0.6) is 0 Å². The summed E-state index contributed by atoms with van der Waals surface area (Å²) in [4.78, 5) is 29.3. The average molecular weight is 499 g/mol. The van der Waals surface area contributed by atoms with E-state index in [-0.39, 0.29) is 30.1 Å². The summed E-state index contributed by atoms with van der Waals surface area (Å²) in [6, 6.07) is 10.5. The van der Waals surface area contributed by atoms with Gasteiger partial charge in [0.1, 0.15) is 16.9 Å². The molecule has 0 aliphatic carbocycles. The van der Waals surface area contributed by atoms with E-state index in [0.29, 0.717) is 60.3 Å². The molecule has 0 saturated carbocycles. The lowest BCUT2D eigenvalue weighted by atomic mass is 10.0. The molecule has 2 amide bonds. The van der Waals surface area contributed by atoms with Crippen LogP contribution < -0.4 is 5.32 Å². The van der Waals surface area contributed by atoms with Gasteiger partial charge in [-0.15, -0.1) is 0 Å². The molecule has 0 bridgehead atoms. The van der Waals surface area contributed by atoms with E-state index in [1.807, 2.05) is 9.80 Å². The van der Waals surface area contributed by atoms with E-state index in [4.69, 9.17) is 11.6 Å². The number of likely N-dealkylation sites (tertiary alicyclic amines) is 2. The first-order valence-electron chi connectivity index (χ1n) is 12.0. The average Bonchev–Trinajstić information content (AvgIpc) is 3.52. The van der Waals surface area contributed by atoms with Crippen molar-refractivity contribution in [3.05, 3.63) is 58.4 Å². The topological polar surface area (TPSA) is 94.2 Å². The van der Waals surface area contributed by atoms with Gasteiger partial charge in [0.25, 0.3) is 5.91 Å². The lowest BCUT2D eigenvalue weighted by molar-refractivity contribution is -0.130.